The third-order valence-corrected chi connectivity index (χ3v) is 4.34. The number of hydrogen-bond donors (Lipinski definition) is 2. The van der Waals surface area contributed by atoms with E-state index in [1.807, 2.05) is 30.3 Å². The van der Waals surface area contributed by atoms with Crippen molar-refractivity contribution in [3.8, 4) is 0 Å². The van der Waals surface area contributed by atoms with Crippen LogP contribution in [-0.4, -0.2) is 29.5 Å². The van der Waals surface area contributed by atoms with E-state index in [-0.39, 0.29) is 6.04 Å². The fourth-order valence-corrected chi connectivity index (χ4v) is 2.98. The fraction of sp³-hybridized carbons (Fsp3) is 0.333. The standard InChI is InChI=1S/C18H21N7/c1-4-12-9-15(25-18(21-12)19-10-20-25)24-16(11(2)3)17-22-13-7-5-6-8-14(13)23-17/h5-11,16,24H,4H2,1-3H3,(H,22,23)/t16-/m0/s1. The molecule has 7 heteroatoms. The van der Waals surface area contributed by atoms with Crippen LogP contribution >= 0.6 is 0 Å². The monoisotopic (exact) mass is 335 g/mol. The van der Waals surface area contributed by atoms with Crippen molar-refractivity contribution in [1.82, 2.24) is 29.5 Å². The summed E-state index contributed by atoms with van der Waals surface area (Å²) < 4.78 is 1.73. The smallest absolute Gasteiger partial charge is 0.254 e. The Labute approximate surface area is 145 Å². The van der Waals surface area contributed by atoms with E-state index >= 15 is 0 Å². The van der Waals surface area contributed by atoms with Crippen LogP contribution in [0.1, 0.15) is 38.3 Å². The van der Waals surface area contributed by atoms with E-state index in [0.717, 1.165) is 34.8 Å². The number of imidazole rings is 1. The molecule has 1 aromatic carbocycles. The van der Waals surface area contributed by atoms with E-state index in [9.17, 15) is 0 Å². The average Bonchev–Trinajstić information content (AvgIpc) is 3.25. The molecule has 0 aliphatic carbocycles. The summed E-state index contributed by atoms with van der Waals surface area (Å²) in [6, 6.07) is 10.1. The molecule has 0 saturated carbocycles. The van der Waals surface area contributed by atoms with Gasteiger partial charge in [-0.05, 0) is 24.5 Å². The maximum Gasteiger partial charge on any atom is 0.254 e. The molecule has 7 nitrogen and oxygen atoms in total. The lowest BCUT2D eigenvalue weighted by Gasteiger charge is -2.22. The summed E-state index contributed by atoms with van der Waals surface area (Å²) in [7, 11) is 0. The van der Waals surface area contributed by atoms with Crippen molar-refractivity contribution in [3.63, 3.8) is 0 Å². The van der Waals surface area contributed by atoms with Crippen LogP contribution in [0.25, 0.3) is 16.8 Å². The molecule has 0 amide bonds. The number of H-pyrrole nitrogens is 1. The zero-order valence-corrected chi connectivity index (χ0v) is 14.6. The molecule has 2 N–H and O–H groups in total. The predicted molar refractivity (Wildman–Crippen MR) is 97.5 cm³/mol. The third kappa shape index (κ3) is 2.82. The van der Waals surface area contributed by atoms with Crippen LogP contribution in [-0.2, 0) is 6.42 Å². The van der Waals surface area contributed by atoms with Gasteiger partial charge in [-0.3, -0.25) is 0 Å². The van der Waals surface area contributed by atoms with Crippen LogP contribution in [0, 0.1) is 5.92 Å². The second kappa shape index (κ2) is 6.16. The second-order valence-corrected chi connectivity index (χ2v) is 6.46. The normalized spacial score (nSPS) is 13.0. The van der Waals surface area contributed by atoms with Gasteiger partial charge in [0.2, 0.25) is 0 Å². The number of aryl methyl sites for hydroxylation is 1. The second-order valence-electron chi connectivity index (χ2n) is 6.46. The van der Waals surface area contributed by atoms with Gasteiger partial charge in [0.1, 0.15) is 18.0 Å². The first kappa shape index (κ1) is 15.6. The van der Waals surface area contributed by atoms with E-state index in [2.05, 4.69) is 46.1 Å². The molecule has 0 unspecified atom stereocenters. The number of anilines is 1. The van der Waals surface area contributed by atoms with E-state index < -0.39 is 0 Å². The van der Waals surface area contributed by atoms with Crippen LogP contribution in [0.5, 0.6) is 0 Å². The number of aromatic nitrogens is 6. The average molecular weight is 335 g/mol. The predicted octanol–water partition coefficient (Wildman–Crippen LogP) is 3.37. The van der Waals surface area contributed by atoms with Gasteiger partial charge in [-0.2, -0.15) is 14.6 Å². The molecule has 0 aliphatic rings. The maximum absolute atomic E-state index is 4.76. The van der Waals surface area contributed by atoms with Gasteiger partial charge in [0, 0.05) is 11.8 Å². The number of fused-ring (bicyclic) bond motifs is 2. The molecule has 0 aliphatic heterocycles. The van der Waals surface area contributed by atoms with Gasteiger partial charge in [0.05, 0.1) is 17.1 Å². The molecule has 0 radical (unpaired) electrons. The largest absolute Gasteiger partial charge is 0.360 e. The Balaban J connectivity index is 1.76. The Morgan fingerprint density at radius 3 is 2.80 bits per heavy atom. The van der Waals surface area contributed by atoms with Gasteiger partial charge in [-0.25, -0.2) is 9.97 Å². The molecule has 1 atom stereocenters. The van der Waals surface area contributed by atoms with Crippen LogP contribution in [0.3, 0.4) is 0 Å². The summed E-state index contributed by atoms with van der Waals surface area (Å²) in [5.74, 6) is 2.73. The lowest BCUT2D eigenvalue weighted by Crippen LogP contribution is -2.20. The van der Waals surface area contributed by atoms with E-state index in [1.165, 1.54) is 6.33 Å². The summed E-state index contributed by atoms with van der Waals surface area (Å²) in [5, 5.41) is 7.88. The van der Waals surface area contributed by atoms with E-state index in [0.29, 0.717) is 11.7 Å². The van der Waals surface area contributed by atoms with Crippen molar-refractivity contribution >= 4 is 22.6 Å². The zero-order valence-electron chi connectivity index (χ0n) is 14.6. The summed E-state index contributed by atoms with van der Waals surface area (Å²) in [6.45, 7) is 6.43. The third-order valence-electron chi connectivity index (χ3n) is 4.34. The maximum atomic E-state index is 4.76. The molecule has 4 rings (SSSR count). The van der Waals surface area contributed by atoms with Crippen molar-refractivity contribution in [2.45, 2.75) is 33.2 Å². The summed E-state index contributed by atoms with van der Waals surface area (Å²) in [5.41, 5.74) is 3.00. The Bertz CT molecular complexity index is 982. The van der Waals surface area contributed by atoms with Crippen molar-refractivity contribution in [3.05, 3.63) is 48.2 Å². The minimum absolute atomic E-state index is 0.0203. The minimum atomic E-state index is 0.0203. The number of hydrogen-bond acceptors (Lipinski definition) is 5. The lowest BCUT2D eigenvalue weighted by molar-refractivity contribution is 0.523. The van der Waals surface area contributed by atoms with Crippen molar-refractivity contribution in [2.75, 3.05) is 5.32 Å². The molecule has 128 valence electrons. The topological polar surface area (TPSA) is 83.8 Å². The molecule has 0 saturated heterocycles. The van der Waals surface area contributed by atoms with E-state index in [1.54, 1.807) is 4.52 Å². The number of nitrogens with one attached hydrogen (secondary N) is 2. The molecular formula is C18H21N7. The number of rotatable bonds is 5. The van der Waals surface area contributed by atoms with Gasteiger partial charge < -0.3 is 10.3 Å². The molecule has 25 heavy (non-hydrogen) atoms. The summed E-state index contributed by atoms with van der Waals surface area (Å²) in [4.78, 5) is 16.9. The number of aromatic amines is 1. The quantitative estimate of drug-likeness (QED) is 0.584. The van der Waals surface area contributed by atoms with Gasteiger partial charge in [0.15, 0.2) is 0 Å². The highest BCUT2D eigenvalue weighted by atomic mass is 15.4. The summed E-state index contributed by atoms with van der Waals surface area (Å²) >= 11 is 0. The van der Waals surface area contributed by atoms with Crippen LogP contribution in [0.4, 0.5) is 5.82 Å². The SMILES string of the molecule is CCc1cc(N[C@H](c2nc3ccccc3[nH]2)C(C)C)n2ncnc2n1. The van der Waals surface area contributed by atoms with Crippen molar-refractivity contribution < 1.29 is 0 Å². The highest BCUT2D eigenvalue weighted by molar-refractivity contribution is 5.75. The molecular weight excluding hydrogens is 314 g/mol. The minimum Gasteiger partial charge on any atom is -0.360 e. The fourth-order valence-electron chi connectivity index (χ4n) is 2.98. The highest BCUT2D eigenvalue weighted by Gasteiger charge is 2.21. The van der Waals surface area contributed by atoms with Crippen molar-refractivity contribution in [1.29, 1.82) is 0 Å². The number of para-hydroxylation sites is 2. The molecule has 0 fully saturated rings. The Hall–Kier alpha value is -2.96. The van der Waals surface area contributed by atoms with Crippen LogP contribution in [0.15, 0.2) is 36.7 Å². The molecule has 3 heterocycles. The van der Waals surface area contributed by atoms with Gasteiger partial charge in [-0.1, -0.05) is 32.9 Å². The first-order valence-electron chi connectivity index (χ1n) is 8.56. The summed E-state index contributed by atoms with van der Waals surface area (Å²) in [6.07, 6.45) is 2.37. The number of nitrogens with zero attached hydrogens (tertiary/aromatic N) is 5. The Morgan fingerprint density at radius 1 is 1.20 bits per heavy atom. The van der Waals surface area contributed by atoms with E-state index in [4.69, 9.17) is 4.98 Å². The Kier molecular flexibility index (Phi) is 3.83. The first-order chi connectivity index (χ1) is 12.2. The van der Waals surface area contributed by atoms with Gasteiger partial charge in [-0.15, -0.1) is 0 Å². The van der Waals surface area contributed by atoms with Crippen LogP contribution in [0.2, 0.25) is 0 Å². The first-order valence-corrected chi connectivity index (χ1v) is 8.56. The van der Waals surface area contributed by atoms with Crippen molar-refractivity contribution in [2.24, 2.45) is 5.92 Å². The zero-order chi connectivity index (χ0) is 17.4. The molecule has 0 spiro atoms. The van der Waals surface area contributed by atoms with Gasteiger partial charge in [0.25, 0.3) is 5.78 Å². The molecule has 4 aromatic rings. The highest BCUT2D eigenvalue weighted by Crippen LogP contribution is 2.26. The molecule has 3 aromatic heterocycles. The number of benzene rings is 1. The molecule has 0 bridgehead atoms. The lowest BCUT2D eigenvalue weighted by atomic mass is 10.0. The van der Waals surface area contributed by atoms with Gasteiger partial charge >= 0.3 is 0 Å². The van der Waals surface area contributed by atoms with Crippen LogP contribution < -0.4 is 5.32 Å². The Morgan fingerprint density at radius 2 is 2.04 bits per heavy atom.